The van der Waals surface area contributed by atoms with E-state index in [2.05, 4.69) is 5.32 Å². The number of rotatable bonds is 5. The van der Waals surface area contributed by atoms with E-state index in [4.69, 9.17) is 4.74 Å². The fourth-order valence-electron chi connectivity index (χ4n) is 2.16. The lowest BCUT2D eigenvalue weighted by Crippen LogP contribution is -2.34. The fraction of sp³-hybridized carbons (Fsp3) is 0.250. The molecule has 2 aromatic rings. The van der Waals surface area contributed by atoms with Crippen molar-refractivity contribution in [3.8, 4) is 0 Å². The lowest BCUT2D eigenvalue weighted by atomic mass is 10.00. The fourth-order valence-corrected chi connectivity index (χ4v) is 2.16. The van der Waals surface area contributed by atoms with E-state index in [-0.39, 0.29) is 6.42 Å². The van der Waals surface area contributed by atoms with Gasteiger partial charge in [-0.15, -0.1) is 0 Å². The Hall–Kier alpha value is -2.56. The van der Waals surface area contributed by atoms with Crippen LogP contribution in [-0.2, 0) is 16.0 Å². The van der Waals surface area contributed by atoms with Crippen molar-refractivity contribution in [1.82, 2.24) is 5.32 Å². The maximum atomic E-state index is 11.4. The molecule has 0 fully saturated rings. The Morgan fingerprint density at radius 2 is 1.90 bits per heavy atom. The number of nitrogens with one attached hydrogen (secondary N) is 1. The third-order valence-corrected chi connectivity index (χ3v) is 3.13. The van der Waals surface area contributed by atoms with E-state index >= 15 is 0 Å². The minimum absolute atomic E-state index is 0.133. The molecule has 110 valence electrons. The van der Waals surface area contributed by atoms with Gasteiger partial charge in [0, 0.05) is 13.0 Å². The van der Waals surface area contributed by atoms with Gasteiger partial charge < -0.3 is 15.2 Å². The Labute approximate surface area is 122 Å². The Morgan fingerprint density at radius 1 is 1.19 bits per heavy atom. The molecule has 0 aliphatic carbocycles. The van der Waals surface area contributed by atoms with Crippen molar-refractivity contribution >= 4 is 22.8 Å². The number of carboxylic acids is 1. The molecule has 0 bridgehead atoms. The Morgan fingerprint density at radius 3 is 2.62 bits per heavy atom. The van der Waals surface area contributed by atoms with Crippen LogP contribution in [0.25, 0.3) is 10.8 Å². The summed E-state index contributed by atoms with van der Waals surface area (Å²) in [5.41, 5.74) is 0.838. The van der Waals surface area contributed by atoms with Gasteiger partial charge >= 0.3 is 12.1 Å². The number of ether oxygens (including phenoxy) is 1. The molecule has 0 aliphatic heterocycles. The number of carbonyl (C=O) groups excluding carboxylic acids is 1. The van der Waals surface area contributed by atoms with Crippen LogP contribution in [0.3, 0.4) is 0 Å². The Kier molecular flexibility index (Phi) is 4.77. The number of hydrogen-bond acceptors (Lipinski definition) is 3. The molecule has 0 radical (unpaired) electrons. The molecule has 0 aromatic heterocycles. The quantitative estimate of drug-likeness (QED) is 0.886. The van der Waals surface area contributed by atoms with Gasteiger partial charge in [0.15, 0.2) is 0 Å². The number of carbonyl (C=O) groups is 2. The summed E-state index contributed by atoms with van der Waals surface area (Å²) >= 11 is 0. The third kappa shape index (κ3) is 3.72. The van der Waals surface area contributed by atoms with E-state index in [1.807, 2.05) is 42.5 Å². The predicted molar refractivity (Wildman–Crippen MR) is 79.2 cm³/mol. The number of hydrogen-bond donors (Lipinski definition) is 2. The van der Waals surface area contributed by atoms with Gasteiger partial charge in [-0.05, 0) is 23.3 Å². The smallest absolute Gasteiger partial charge is 0.407 e. The third-order valence-electron chi connectivity index (χ3n) is 3.13. The summed E-state index contributed by atoms with van der Waals surface area (Å²) in [4.78, 5) is 22.7. The lowest BCUT2D eigenvalue weighted by molar-refractivity contribution is -0.146. The first-order valence-electron chi connectivity index (χ1n) is 6.75. The van der Waals surface area contributed by atoms with Gasteiger partial charge in [-0.2, -0.15) is 0 Å². The van der Waals surface area contributed by atoms with Crippen LogP contribution in [0.1, 0.15) is 12.5 Å². The van der Waals surface area contributed by atoms with Gasteiger partial charge in [-0.25, -0.2) is 9.59 Å². The summed E-state index contributed by atoms with van der Waals surface area (Å²) in [7, 11) is 0. The molecule has 1 atom stereocenters. The lowest BCUT2D eigenvalue weighted by Gasteiger charge is -2.15. The second kappa shape index (κ2) is 6.74. The van der Waals surface area contributed by atoms with Gasteiger partial charge in [-0.1, -0.05) is 42.5 Å². The monoisotopic (exact) mass is 287 g/mol. The van der Waals surface area contributed by atoms with Crippen molar-refractivity contribution in [2.45, 2.75) is 19.4 Å². The van der Waals surface area contributed by atoms with Gasteiger partial charge in [-0.3, -0.25) is 0 Å². The molecule has 2 rings (SSSR count). The largest absolute Gasteiger partial charge is 0.478 e. The highest BCUT2D eigenvalue weighted by Gasteiger charge is 2.23. The normalized spacial score (nSPS) is 11.9. The molecule has 0 spiro atoms. The standard InChI is InChI=1S/C16H17NO4/c1-2-17-16(20)21-14(15(18)19)10-12-8-5-7-11-6-3-4-9-13(11)12/h3-9,14H,2,10H2,1H3,(H,17,20)(H,18,19)/t14-/m0/s1. The van der Waals surface area contributed by atoms with Crippen molar-refractivity contribution in [2.75, 3.05) is 6.54 Å². The number of carboxylic acid groups (broad SMARTS) is 1. The SMILES string of the molecule is CCNC(=O)O[C@@H](Cc1cccc2ccccc12)C(=O)O. The number of fused-ring (bicyclic) bond motifs is 1. The molecular weight excluding hydrogens is 270 g/mol. The van der Waals surface area contributed by atoms with Crippen molar-refractivity contribution < 1.29 is 19.4 Å². The summed E-state index contributed by atoms with van der Waals surface area (Å²) in [6, 6.07) is 13.4. The first-order chi connectivity index (χ1) is 10.1. The molecule has 0 saturated carbocycles. The minimum atomic E-state index is -1.21. The molecule has 21 heavy (non-hydrogen) atoms. The van der Waals surface area contributed by atoms with Crippen LogP contribution in [0.4, 0.5) is 4.79 Å². The van der Waals surface area contributed by atoms with Gasteiger partial charge in [0.2, 0.25) is 6.10 Å². The van der Waals surface area contributed by atoms with Crippen molar-refractivity contribution in [3.05, 3.63) is 48.0 Å². The zero-order chi connectivity index (χ0) is 15.2. The van der Waals surface area contributed by atoms with Crippen LogP contribution in [0.15, 0.2) is 42.5 Å². The van der Waals surface area contributed by atoms with Crippen LogP contribution in [0.5, 0.6) is 0 Å². The zero-order valence-corrected chi connectivity index (χ0v) is 11.7. The minimum Gasteiger partial charge on any atom is -0.478 e. The van der Waals surface area contributed by atoms with E-state index in [0.717, 1.165) is 16.3 Å². The van der Waals surface area contributed by atoms with Crippen LogP contribution in [-0.4, -0.2) is 29.8 Å². The predicted octanol–water partition coefficient (Wildman–Crippen LogP) is 2.58. The number of aliphatic carboxylic acids is 1. The second-order valence-corrected chi connectivity index (χ2v) is 4.60. The number of alkyl carbamates (subject to hydrolysis) is 1. The second-order valence-electron chi connectivity index (χ2n) is 4.60. The Bertz CT molecular complexity index is 648. The summed E-state index contributed by atoms with van der Waals surface area (Å²) in [6.07, 6.45) is -1.79. The Balaban J connectivity index is 2.23. The van der Waals surface area contributed by atoms with Crippen LogP contribution in [0.2, 0.25) is 0 Å². The average molecular weight is 287 g/mol. The molecule has 2 N–H and O–H groups in total. The summed E-state index contributed by atoms with van der Waals surface area (Å²) in [5.74, 6) is -1.16. The van der Waals surface area contributed by atoms with Crippen LogP contribution >= 0.6 is 0 Å². The summed E-state index contributed by atoms with van der Waals surface area (Å²) < 4.78 is 4.96. The molecule has 5 nitrogen and oxygen atoms in total. The number of amides is 1. The topological polar surface area (TPSA) is 75.6 Å². The van der Waals surface area contributed by atoms with Gasteiger partial charge in [0.25, 0.3) is 0 Å². The van der Waals surface area contributed by atoms with E-state index in [9.17, 15) is 14.7 Å². The molecule has 0 unspecified atom stereocenters. The van der Waals surface area contributed by atoms with E-state index < -0.39 is 18.2 Å². The summed E-state index contributed by atoms with van der Waals surface area (Å²) in [5, 5.41) is 13.6. The molecule has 1 amide bonds. The molecule has 0 aliphatic rings. The average Bonchev–Trinajstić information content (AvgIpc) is 2.47. The molecule has 5 heteroatoms. The van der Waals surface area contributed by atoms with Crippen molar-refractivity contribution in [3.63, 3.8) is 0 Å². The van der Waals surface area contributed by atoms with Gasteiger partial charge in [0.05, 0.1) is 0 Å². The molecular formula is C16H17NO4. The van der Waals surface area contributed by atoms with Gasteiger partial charge in [0.1, 0.15) is 0 Å². The van der Waals surface area contributed by atoms with Crippen LogP contribution in [0, 0.1) is 0 Å². The van der Waals surface area contributed by atoms with E-state index in [1.165, 1.54) is 0 Å². The maximum Gasteiger partial charge on any atom is 0.407 e. The zero-order valence-electron chi connectivity index (χ0n) is 11.7. The highest BCUT2D eigenvalue weighted by Crippen LogP contribution is 2.20. The first kappa shape index (κ1) is 14.8. The number of benzene rings is 2. The molecule has 0 heterocycles. The van der Waals surface area contributed by atoms with Crippen LogP contribution < -0.4 is 5.32 Å². The van der Waals surface area contributed by atoms with Crippen molar-refractivity contribution in [2.24, 2.45) is 0 Å². The van der Waals surface area contributed by atoms with Crippen molar-refractivity contribution in [1.29, 1.82) is 0 Å². The summed E-state index contributed by atoms with van der Waals surface area (Å²) in [6.45, 7) is 2.13. The maximum absolute atomic E-state index is 11.4. The van der Waals surface area contributed by atoms with E-state index in [1.54, 1.807) is 6.92 Å². The highest BCUT2D eigenvalue weighted by molar-refractivity contribution is 5.86. The molecule has 0 saturated heterocycles. The highest BCUT2D eigenvalue weighted by atomic mass is 16.6. The molecule has 2 aromatic carbocycles. The first-order valence-corrected chi connectivity index (χ1v) is 6.75. The van der Waals surface area contributed by atoms with E-state index in [0.29, 0.717) is 6.54 Å².